The Morgan fingerprint density at radius 2 is 1.83 bits per heavy atom. The average Bonchev–Trinajstić information content (AvgIpc) is 2.57. The van der Waals surface area contributed by atoms with E-state index in [2.05, 4.69) is 15.9 Å². The van der Waals surface area contributed by atoms with Crippen LogP contribution in [-0.4, -0.2) is 0 Å². The van der Waals surface area contributed by atoms with Crippen LogP contribution < -0.4 is 5.73 Å². The maximum Gasteiger partial charge on any atom is 0.128 e. The van der Waals surface area contributed by atoms with Crippen molar-refractivity contribution in [3.05, 3.63) is 54.9 Å². The van der Waals surface area contributed by atoms with Crippen LogP contribution in [0.25, 0.3) is 0 Å². The van der Waals surface area contributed by atoms with Gasteiger partial charge in [-0.25, -0.2) is 4.39 Å². The van der Waals surface area contributed by atoms with Crippen LogP contribution in [0, 0.1) is 26.6 Å². The summed E-state index contributed by atoms with van der Waals surface area (Å²) in [5.74, 6) is -0.220. The van der Waals surface area contributed by atoms with E-state index in [1.807, 2.05) is 32.9 Å². The standard InChI is InChI=1S/C14H15BrFNS/c1-7-4-8(2)12(10(16)5-7)13(17)11-6-9(3)14(15)18-11/h4-6,13H,17H2,1-3H3. The molecule has 0 amide bonds. The summed E-state index contributed by atoms with van der Waals surface area (Å²) in [6.07, 6.45) is 0. The second-order valence-corrected chi connectivity index (χ2v) is 6.96. The molecule has 1 heterocycles. The Kier molecular flexibility index (Phi) is 3.90. The fourth-order valence-electron chi connectivity index (χ4n) is 2.10. The molecule has 1 aromatic heterocycles. The average molecular weight is 328 g/mol. The van der Waals surface area contributed by atoms with Gasteiger partial charge in [0.15, 0.2) is 0 Å². The number of hydrogen-bond acceptors (Lipinski definition) is 2. The summed E-state index contributed by atoms with van der Waals surface area (Å²) >= 11 is 5.04. The Labute approximate surface area is 119 Å². The molecule has 1 unspecified atom stereocenters. The number of rotatable bonds is 2. The van der Waals surface area contributed by atoms with Crippen LogP contribution in [0.3, 0.4) is 0 Å². The van der Waals surface area contributed by atoms with Crippen molar-refractivity contribution in [2.75, 3.05) is 0 Å². The maximum absolute atomic E-state index is 14.1. The molecule has 0 aliphatic carbocycles. The van der Waals surface area contributed by atoms with Gasteiger partial charge in [-0.2, -0.15) is 0 Å². The number of aryl methyl sites for hydroxylation is 3. The minimum Gasteiger partial charge on any atom is -0.320 e. The van der Waals surface area contributed by atoms with Crippen molar-refractivity contribution in [1.29, 1.82) is 0 Å². The summed E-state index contributed by atoms with van der Waals surface area (Å²) in [5, 5.41) is 0. The second-order valence-electron chi connectivity index (χ2n) is 4.56. The summed E-state index contributed by atoms with van der Waals surface area (Å²) in [5.41, 5.74) is 9.75. The molecule has 0 aliphatic rings. The zero-order chi connectivity index (χ0) is 13.4. The molecule has 0 bridgehead atoms. The van der Waals surface area contributed by atoms with Crippen LogP contribution in [0.1, 0.15) is 33.2 Å². The van der Waals surface area contributed by atoms with E-state index in [0.29, 0.717) is 5.56 Å². The lowest BCUT2D eigenvalue weighted by Gasteiger charge is -2.15. The van der Waals surface area contributed by atoms with E-state index < -0.39 is 6.04 Å². The number of benzene rings is 1. The molecule has 0 saturated heterocycles. The lowest BCUT2D eigenvalue weighted by Crippen LogP contribution is -2.14. The first kappa shape index (κ1) is 13.7. The highest BCUT2D eigenvalue weighted by Gasteiger charge is 2.19. The van der Waals surface area contributed by atoms with Crippen molar-refractivity contribution in [3.63, 3.8) is 0 Å². The van der Waals surface area contributed by atoms with E-state index in [-0.39, 0.29) is 5.82 Å². The topological polar surface area (TPSA) is 26.0 Å². The molecule has 1 aromatic carbocycles. The lowest BCUT2D eigenvalue weighted by molar-refractivity contribution is 0.597. The molecule has 18 heavy (non-hydrogen) atoms. The van der Waals surface area contributed by atoms with Crippen molar-refractivity contribution in [2.45, 2.75) is 26.8 Å². The van der Waals surface area contributed by atoms with Gasteiger partial charge in [-0.1, -0.05) is 6.07 Å². The first-order valence-electron chi connectivity index (χ1n) is 5.68. The fourth-order valence-corrected chi connectivity index (χ4v) is 3.68. The molecular formula is C14H15BrFNS. The second kappa shape index (κ2) is 5.11. The van der Waals surface area contributed by atoms with Crippen molar-refractivity contribution in [2.24, 2.45) is 5.73 Å². The van der Waals surface area contributed by atoms with Gasteiger partial charge in [0, 0.05) is 10.4 Å². The molecular weight excluding hydrogens is 313 g/mol. The minimum absolute atomic E-state index is 0.220. The summed E-state index contributed by atoms with van der Waals surface area (Å²) in [6, 6.07) is 5.12. The first-order valence-corrected chi connectivity index (χ1v) is 7.29. The Morgan fingerprint density at radius 3 is 2.33 bits per heavy atom. The number of halogens is 2. The molecule has 0 fully saturated rings. The highest BCUT2D eigenvalue weighted by atomic mass is 79.9. The van der Waals surface area contributed by atoms with E-state index in [0.717, 1.165) is 25.4 Å². The summed E-state index contributed by atoms with van der Waals surface area (Å²) in [6.45, 7) is 5.80. The molecule has 2 N–H and O–H groups in total. The molecule has 0 aliphatic heterocycles. The third-order valence-electron chi connectivity index (χ3n) is 2.97. The third kappa shape index (κ3) is 2.51. The minimum atomic E-state index is -0.402. The Balaban J connectivity index is 2.49. The Hall–Kier alpha value is -0.710. The van der Waals surface area contributed by atoms with Crippen molar-refractivity contribution in [1.82, 2.24) is 0 Å². The van der Waals surface area contributed by atoms with E-state index in [4.69, 9.17) is 5.73 Å². The monoisotopic (exact) mass is 327 g/mol. The molecule has 96 valence electrons. The molecule has 2 rings (SSSR count). The van der Waals surface area contributed by atoms with E-state index >= 15 is 0 Å². The van der Waals surface area contributed by atoms with E-state index in [1.54, 1.807) is 11.3 Å². The highest BCUT2D eigenvalue weighted by Crippen LogP contribution is 2.35. The van der Waals surface area contributed by atoms with Gasteiger partial charge in [-0.15, -0.1) is 11.3 Å². The van der Waals surface area contributed by atoms with Crippen LogP contribution in [0.5, 0.6) is 0 Å². The molecule has 4 heteroatoms. The molecule has 0 radical (unpaired) electrons. The van der Waals surface area contributed by atoms with Gasteiger partial charge in [0.1, 0.15) is 5.82 Å². The Morgan fingerprint density at radius 1 is 1.17 bits per heavy atom. The van der Waals surface area contributed by atoms with Gasteiger partial charge in [0.2, 0.25) is 0 Å². The van der Waals surface area contributed by atoms with Gasteiger partial charge in [-0.3, -0.25) is 0 Å². The zero-order valence-corrected chi connectivity index (χ0v) is 13.0. The molecule has 0 saturated carbocycles. The summed E-state index contributed by atoms with van der Waals surface area (Å²) in [7, 11) is 0. The van der Waals surface area contributed by atoms with Crippen molar-refractivity contribution >= 4 is 27.3 Å². The zero-order valence-electron chi connectivity index (χ0n) is 10.6. The van der Waals surface area contributed by atoms with Gasteiger partial charge in [-0.05, 0) is 65.5 Å². The first-order chi connectivity index (χ1) is 8.40. The van der Waals surface area contributed by atoms with Crippen molar-refractivity contribution in [3.8, 4) is 0 Å². The predicted octanol–water partition coefficient (Wildman–Crippen LogP) is 4.62. The number of hydrogen-bond donors (Lipinski definition) is 1. The van der Waals surface area contributed by atoms with Crippen LogP contribution in [0.4, 0.5) is 4.39 Å². The van der Waals surface area contributed by atoms with Crippen LogP contribution in [0.2, 0.25) is 0 Å². The van der Waals surface area contributed by atoms with Gasteiger partial charge in [0.05, 0.1) is 9.83 Å². The van der Waals surface area contributed by atoms with Crippen LogP contribution >= 0.6 is 27.3 Å². The smallest absolute Gasteiger partial charge is 0.128 e. The molecule has 1 atom stereocenters. The summed E-state index contributed by atoms with van der Waals surface area (Å²) in [4.78, 5) is 0.977. The van der Waals surface area contributed by atoms with Crippen LogP contribution in [0.15, 0.2) is 22.0 Å². The maximum atomic E-state index is 14.1. The largest absolute Gasteiger partial charge is 0.320 e. The highest BCUT2D eigenvalue weighted by molar-refractivity contribution is 9.11. The molecule has 2 aromatic rings. The SMILES string of the molecule is Cc1cc(C)c(C(N)c2cc(C)c(Br)s2)c(F)c1. The summed E-state index contributed by atoms with van der Waals surface area (Å²) < 4.78 is 15.1. The lowest BCUT2D eigenvalue weighted by atomic mass is 9.98. The van der Waals surface area contributed by atoms with Gasteiger partial charge in [0.25, 0.3) is 0 Å². The predicted molar refractivity (Wildman–Crippen MR) is 78.7 cm³/mol. The molecule has 0 spiro atoms. The third-order valence-corrected chi connectivity index (χ3v) is 5.19. The fraction of sp³-hybridized carbons (Fsp3) is 0.286. The van der Waals surface area contributed by atoms with Gasteiger partial charge >= 0.3 is 0 Å². The van der Waals surface area contributed by atoms with E-state index in [1.165, 1.54) is 6.07 Å². The quantitative estimate of drug-likeness (QED) is 0.855. The number of nitrogens with two attached hydrogens (primary N) is 1. The van der Waals surface area contributed by atoms with E-state index in [9.17, 15) is 4.39 Å². The van der Waals surface area contributed by atoms with Crippen molar-refractivity contribution < 1.29 is 4.39 Å². The van der Waals surface area contributed by atoms with Crippen LogP contribution in [-0.2, 0) is 0 Å². The molecule has 1 nitrogen and oxygen atoms in total. The normalized spacial score (nSPS) is 12.8. The van der Waals surface area contributed by atoms with Gasteiger partial charge < -0.3 is 5.73 Å². The number of thiophene rings is 1. The Bertz CT molecular complexity index is 549.